The minimum absolute atomic E-state index is 0.684. The number of hydrogen-bond acceptors (Lipinski definition) is 4. The highest BCUT2D eigenvalue weighted by atomic mass is 15.0. The van der Waals surface area contributed by atoms with Gasteiger partial charge in [-0.3, -0.25) is 4.98 Å². The topological polar surface area (TPSA) is 63.8 Å². The van der Waals surface area contributed by atoms with Crippen molar-refractivity contribution < 1.29 is 0 Å². The lowest BCUT2D eigenvalue weighted by atomic mass is 10.1. The molecule has 2 aromatic carbocycles. The van der Waals surface area contributed by atoms with Crippen LogP contribution in [0.15, 0.2) is 48.7 Å². The minimum atomic E-state index is 0.684. The van der Waals surface area contributed by atoms with Crippen molar-refractivity contribution in [1.29, 1.82) is 0 Å². The summed E-state index contributed by atoms with van der Waals surface area (Å²) in [5, 5.41) is 3.29. The van der Waals surface area contributed by atoms with Gasteiger partial charge in [-0.2, -0.15) is 0 Å². The molecule has 1 aromatic heterocycles. The zero-order valence-electron chi connectivity index (χ0n) is 11.3. The molecule has 0 amide bonds. The molecule has 4 heteroatoms. The number of benzene rings is 2. The SMILES string of the molecule is Cc1c(N)cccc1CNc1cnc2ccccc2n1. The number of hydrogen-bond donors (Lipinski definition) is 2. The predicted octanol–water partition coefficient (Wildman–Crippen LogP) is 3.13. The van der Waals surface area contributed by atoms with Crippen LogP contribution < -0.4 is 11.1 Å². The number of nitrogens with one attached hydrogen (secondary N) is 1. The van der Waals surface area contributed by atoms with Crippen LogP contribution >= 0.6 is 0 Å². The van der Waals surface area contributed by atoms with Crippen molar-refractivity contribution in [2.75, 3.05) is 11.1 Å². The third-order valence-corrected chi connectivity index (χ3v) is 3.40. The highest BCUT2D eigenvalue weighted by molar-refractivity contribution is 5.75. The first-order valence-electron chi connectivity index (χ1n) is 6.53. The Morgan fingerprint density at radius 3 is 2.70 bits per heavy atom. The monoisotopic (exact) mass is 264 g/mol. The fourth-order valence-corrected chi connectivity index (χ4v) is 2.12. The zero-order chi connectivity index (χ0) is 13.9. The maximum Gasteiger partial charge on any atom is 0.145 e. The van der Waals surface area contributed by atoms with Crippen molar-refractivity contribution in [2.24, 2.45) is 0 Å². The number of rotatable bonds is 3. The molecule has 3 aromatic rings. The Morgan fingerprint density at radius 1 is 1.05 bits per heavy atom. The smallest absolute Gasteiger partial charge is 0.145 e. The van der Waals surface area contributed by atoms with E-state index in [9.17, 15) is 0 Å². The number of fused-ring (bicyclic) bond motifs is 1. The van der Waals surface area contributed by atoms with E-state index in [1.165, 1.54) is 5.56 Å². The Hall–Kier alpha value is -2.62. The summed E-state index contributed by atoms with van der Waals surface area (Å²) < 4.78 is 0. The Bertz CT molecular complexity index is 752. The Kier molecular flexibility index (Phi) is 3.21. The summed E-state index contributed by atoms with van der Waals surface area (Å²) in [5.74, 6) is 0.769. The van der Waals surface area contributed by atoms with Crippen molar-refractivity contribution in [3.05, 3.63) is 59.8 Å². The van der Waals surface area contributed by atoms with Gasteiger partial charge in [0.1, 0.15) is 5.82 Å². The molecule has 1 heterocycles. The maximum atomic E-state index is 5.91. The number of nitrogens with two attached hydrogens (primary N) is 1. The molecule has 0 aliphatic heterocycles. The lowest BCUT2D eigenvalue weighted by Crippen LogP contribution is -2.05. The van der Waals surface area contributed by atoms with Crippen molar-refractivity contribution in [2.45, 2.75) is 13.5 Å². The van der Waals surface area contributed by atoms with Crippen LogP contribution in [0.1, 0.15) is 11.1 Å². The lowest BCUT2D eigenvalue weighted by molar-refractivity contribution is 1.09. The maximum absolute atomic E-state index is 5.91. The second kappa shape index (κ2) is 5.17. The van der Waals surface area contributed by atoms with E-state index in [0.717, 1.165) is 28.1 Å². The third-order valence-electron chi connectivity index (χ3n) is 3.40. The molecule has 0 saturated carbocycles. The average molecular weight is 264 g/mol. The number of aromatic nitrogens is 2. The quantitative estimate of drug-likeness (QED) is 0.713. The van der Waals surface area contributed by atoms with E-state index < -0.39 is 0 Å². The van der Waals surface area contributed by atoms with E-state index in [-0.39, 0.29) is 0 Å². The molecule has 0 aliphatic rings. The zero-order valence-corrected chi connectivity index (χ0v) is 11.3. The van der Waals surface area contributed by atoms with Crippen LogP contribution in [0.3, 0.4) is 0 Å². The standard InChI is InChI=1S/C16H16N4/c1-11-12(5-4-6-13(11)17)9-19-16-10-18-14-7-2-3-8-15(14)20-16/h2-8,10H,9,17H2,1H3,(H,19,20). The van der Waals surface area contributed by atoms with E-state index in [4.69, 9.17) is 5.73 Å². The largest absolute Gasteiger partial charge is 0.399 e. The number of para-hydroxylation sites is 2. The Balaban J connectivity index is 1.81. The van der Waals surface area contributed by atoms with Gasteiger partial charge in [0, 0.05) is 12.2 Å². The molecule has 0 unspecified atom stereocenters. The van der Waals surface area contributed by atoms with Crippen molar-refractivity contribution in [1.82, 2.24) is 9.97 Å². The molecular formula is C16H16N4. The van der Waals surface area contributed by atoms with Crippen LogP contribution in [0.4, 0.5) is 11.5 Å². The number of anilines is 2. The molecule has 0 saturated heterocycles. The molecule has 0 bridgehead atoms. The molecule has 0 spiro atoms. The van der Waals surface area contributed by atoms with Gasteiger partial charge in [-0.25, -0.2) is 4.98 Å². The predicted molar refractivity (Wildman–Crippen MR) is 82.5 cm³/mol. The number of nitrogens with zero attached hydrogens (tertiary/aromatic N) is 2. The molecule has 20 heavy (non-hydrogen) atoms. The van der Waals surface area contributed by atoms with E-state index >= 15 is 0 Å². The molecule has 3 N–H and O–H groups in total. The van der Waals surface area contributed by atoms with Crippen LogP contribution in [0.2, 0.25) is 0 Å². The highest BCUT2D eigenvalue weighted by Gasteiger charge is 2.03. The third kappa shape index (κ3) is 2.40. The van der Waals surface area contributed by atoms with Gasteiger partial charge in [0.2, 0.25) is 0 Å². The number of nitrogen functional groups attached to an aromatic ring is 1. The van der Waals surface area contributed by atoms with Crippen LogP contribution in [0.5, 0.6) is 0 Å². The van der Waals surface area contributed by atoms with Crippen LogP contribution in [0, 0.1) is 6.92 Å². The van der Waals surface area contributed by atoms with Gasteiger partial charge in [-0.05, 0) is 36.2 Å². The van der Waals surface area contributed by atoms with Gasteiger partial charge in [-0.1, -0.05) is 24.3 Å². The average Bonchev–Trinajstić information content (AvgIpc) is 2.48. The first kappa shape index (κ1) is 12.4. The first-order chi connectivity index (χ1) is 9.74. The van der Waals surface area contributed by atoms with Crippen LogP contribution in [-0.2, 0) is 6.54 Å². The molecule has 100 valence electrons. The van der Waals surface area contributed by atoms with Gasteiger partial charge >= 0.3 is 0 Å². The first-order valence-corrected chi connectivity index (χ1v) is 6.53. The van der Waals surface area contributed by atoms with Crippen LogP contribution in [-0.4, -0.2) is 9.97 Å². The van der Waals surface area contributed by atoms with E-state index in [2.05, 4.69) is 21.4 Å². The van der Waals surface area contributed by atoms with Gasteiger partial charge in [-0.15, -0.1) is 0 Å². The Labute approximate surface area is 117 Å². The van der Waals surface area contributed by atoms with Crippen molar-refractivity contribution in [3.8, 4) is 0 Å². The fourth-order valence-electron chi connectivity index (χ4n) is 2.12. The highest BCUT2D eigenvalue weighted by Crippen LogP contribution is 2.17. The van der Waals surface area contributed by atoms with Crippen LogP contribution in [0.25, 0.3) is 11.0 Å². The summed E-state index contributed by atoms with van der Waals surface area (Å²) in [4.78, 5) is 8.92. The second-order valence-electron chi connectivity index (χ2n) is 4.73. The summed E-state index contributed by atoms with van der Waals surface area (Å²) in [6.07, 6.45) is 1.75. The summed E-state index contributed by atoms with van der Waals surface area (Å²) >= 11 is 0. The second-order valence-corrected chi connectivity index (χ2v) is 4.73. The molecule has 0 fully saturated rings. The summed E-state index contributed by atoms with van der Waals surface area (Å²) in [6.45, 7) is 2.71. The normalized spacial score (nSPS) is 10.7. The van der Waals surface area contributed by atoms with E-state index in [1.807, 2.05) is 43.3 Å². The van der Waals surface area contributed by atoms with Crippen molar-refractivity contribution >= 4 is 22.5 Å². The minimum Gasteiger partial charge on any atom is -0.399 e. The van der Waals surface area contributed by atoms with Gasteiger partial charge in [0.05, 0.1) is 17.2 Å². The fraction of sp³-hybridized carbons (Fsp3) is 0.125. The van der Waals surface area contributed by atoms with Gasteiger partial charge < -0.3 is 11.1 Å². The molecule has 0 atom stereocenters. The molecular weight excluding hydrogens is 248 g/mol. The van der Waals surface area contributed by atoms with Gasteiger partial charge in [0.25, 0.3) is 0 Å². The molecule has 0 radical (unpaired) electrons. The summed E-state index contributed by atoms with van der Waals surface area (Å²) in [5.41, 5.74) is 10.8. The molecule has 4 nitrogen and oxygen atoms in total. The summed E-state index contributed by atoms with van der Waals surface area (Å²) in [7, 11) is 0. The summed E-state index contributed by atoms with van der Waals surface area (Å²) in [6, 6.07) is 13.8. The molecule has 0 aliphatic carbocycles. The Morgan fingerprint density at radius 2 is 1.85 bits per heavy atom. The molecule has 3 rings (SSSR count). The van der Waals surface area contributed by atoms with Crippen molar-refractivity contribution in [3.63, 3.8) is 0 Å². The van der Waals surface area contributed by atoms with E-state index in [1.54, 1.807) is 6.20 Å². The lowest BCUT2D eigenvalue weighted by Gasteiger charge is -2.10. The van der Waals surface area contributed by atoms with E-state index in [0.29, 0.717) is 6.54 Å². The van der Waals surface area contributed by atoms with Gasteiger partial charge in [0.15, 0.2) is 0 Å².